The number of alkyl halides is 7. The van der Waals surface area contributed by atoms with Crippen LogP contribution in [0.1, 0.15) is 0 Å². The Balaban J connectivity index is 2.49. The van der Waals surface area contributed by atoms with E-state index in [0.29, 0.717) is 0 Å². The number of halogens is 7. The molecule has 0 spiro atoms. The van der Waals surface area contributed by atoms with Gasteiger partial charge in [0.2, 0.25) is 6.17 Å². The van der Waals surface area contributed by atoms with E-state index in [-0.39, 0.29) is 0 Å². The molecule has 0 aromatic heterocycles. The summed E-state index contributed by atoms with van der Waals surface area (Å²) in [4.78, 5) is 0. The van der Waals surface area contributed by atoms with Gasteiger partial charge in [0.25, 0.3) is 0 Å². The lowest BCUT2D eigenvalue weighted by molar-refractivity contribution is -0.228. The minimum Gasteiger partial charge on any atom is -0.329 e. The smallest absolute Gasteiger partial charge is 0.329 e. The van der Waals surface area contributed by atoms with Gasteiger partial charge in [-0.15, -0.1) is 0 Å². The normalized spacial score (nSPS) is 37.6. The Morgan fingerprint density at radius 1 is 1.15 bits per heavy atom. The van der Waals surface area contributed by atoms with Crippen LogP contribution in [-0.2, 0) is 4.74 Å². The van der Waals surface area contributed by atoms with Gasteiger partial charge >= 0.3 is 18.0 Å². The van der Waals surface area contributed by atoms with E-state index in [1.807, 2.05) is 0 Å². The van der Waals surface area contributed by atoms with E-state index in [2.05, 4.69) is 4.74 Å². The van der Waals surface area contributed by atoms with Gasteiger partial charge in [0.05, 0.1) is 0 Å². The molecule has 0 heterocycles. The molecule has 2 atom stereocenters. The quantitative estimate of drug-likeness (QED) is 0.637. The van der Waals surface area contributed by atoms with E-state index in [1.54, 1.807) is 0 Å². The molecule has 0 aromatic carbocycles. The van der Waals surface area contributed by atoms with E-state index >= 15 is 0 Å². The average Bonchev–Trinajstić information content (AvgIpc) is 2.31. The van der Waals surface area contributed by atoms with E-state index in [0.717, 1.165) is 0 Å². The van der Waals surface area contributed by atoms with Crippen LogP contribution >= 0.6 is 0 Å². The van der Waals surface area contributed by atoms with Crippen LogP contribution in [0.25, 0.3) is 0 Å². The third-order valence-corrected chi connectivity index (χ3v) is 1.46. The Labute approximate surface area is 67.5 Å². The van der Waals surface area contributed by atoms with Crippen LogP contribution in [0.2, 0.25) is 0 Å². The third kappa shape index (κ3) is 1.59. The highest BCUT2D eigenvalue weighted by Crippen LogP contribution is 2.59. The second-order valence-electron chi connectivity index (χ2n) is 2.53. The van der Waals surface area contributed by atoms with E-state index in [4.69, 9.17) is 0 Å². The van der Waals surface area contributed by atoms with Crippen molar-refractivity contribution in [1.29, 1.82) is 0 Å². The number of hydrogen-bond donors (Lipinski definition) is 0. The van der Waals surface area contributed by atoms with Crippen LogP contribution in [0.15, 0.2) is 0 Å². The summed E-state index contributed by atoms with van der Waals surface area (Å²) >= 11 is 0. The van der Waals surface area contributed by atoms with Gasteiger partial charge in [-0.3, -0.25) is 0 Å². The molecule has 0 radical (unpaired) electrons. The summed E-state index contributed by atoms with van der Waals surface area (Å²) in [6.45, 7) is -2.24. The zero-order valence-electron chi connectivity index (χ0n) is 5.84. The molecule has 0 N–H and O–H groups in total. The van der Waals surface area contributed by atoms with Gasteiger partial charge in [-0.25, -0.2) is 8.78 Å². The minimum atomic E-state index is -4.96. The van der Waals surface area contributed by atoms with E-state index in [9.17, 15) is 30.7 Å². The molecule has 2 unspecified atom stereocenters. The molecule has 1 fully saturated rings. The fraction of sp³-hybridized carbons (Fsp3) is 1.00. The Hall–Kier alpha value is -0.530. The molecular weight excluding hydrogens is 209 g/mol. The fourth-order valence-corrected chi connectivity index (χ4v) is 0.669. The van der Waals surface area contributed by atoms with Crippen LogP contribution in [0, 0.1) is 0 Å². The van der Waals surface area contributed by atoms with Crippen molar-refractivity contribution < 1.29 is 35.5 Å². The van der Waals surface area contributed by atoms with Crippen molar-refractivity contribution in [2.45, 2.75) is 24.1 Å². The Morgan fingerprint density at radius 3 is 1.77 bits per heavy atom. The van der Waals surface area contributed by atoms with Crippen molar-refractivity contribution in [2.75, 3.05) is 6.61 Å². The van der Waals surface area contributed by atoms with E-state index in [1.165, 1.54) is 0 Å². The molecule has 0 aromatic rings. The molecule has 0 aliphatic heterocycles. The second kappa shape index (κ2) is 2.49. The number of hydrogen-bond acceptors (Lipinski definition) is 1. The van der Waals surface area contributed by atoms with Gasteiger partial charge in [-0.05, 0) is 0 Å². The molecule has 13 heavy (non-hydrogen) atoms. The van der Waals surface area contributed by atoms with Gasteiger partial charge in [0, 0.05) is 0 Å². The summed E-state index contributed by atoms with van der Waals surface area (Å²) in [5.74, 6) is -8.58. The van der Waals surface area contributed by atoms with Crippen molar-refractivity contribution in [3.8, 4) is 0 Å². The fourth-order valence-electron chi connectivity index (χ4n) is 0.669. The highest BCUT2D eigenvalue weighted by molar-refractivity contribution is 5.16. The molecule has 1 nitrogen and oxygen atoms in total. The van der Waals surface area contributed by atoms with Crippen molar-refractivity contribution in [3.63, 3.8) is 0 Å². The molecule has 1 aliphatic carbocycles. The SMILES string of the molecule is FC1C(F)(F)C1(F)OCC(F)(F)F. The molecule has 0 saturated heterocycles. The van der Waals surface area contributed by atoms with Crippen LogP contribution in [-0.4, -0.2) is 30.7 Å². The van der Waals surface area contributed by atoms with Gasteiger partial charge in [-0.2, -0.15) is 22.0 Å². The predicted octanol–water partition coefficient (Wildman–Crippen LogP) is 2.22. The van der Waals surface area contributed by atoms with Crippen molar-refractivity contribution in [1.82, 2.24) is 0 Å². The standard InChI is InChI=1S/C5H3F7O/c6-2-4(10,11)5(2,12)13-1-3(7,8)9/h2H,1H2. The summed E-state index contributed by atoms with van der Waals surface area (Å²) in [7, 11) is 0. The second-order valence-corrected chi connectivity index (χ2v) is 2.53. The highest BCUT2D eigenvalue weighted by Gasteiger charge is 2.87. The summed E-state index contributed by atoms with van der Waals surface area (Å²) < 4.78 is 85.2. The topological polar surface area (TPSA) is 9.23 Å². The van der Waals surface area contributed by atoms with Gasteiger partial charge < -0.3 is 4.74 Å². The summed E-state index contributed by atoms with van der Waals surface area (Å²) in [6, 6.07) is 0. The lowest BCUT2D eigenvalue weighted by Crippen LogP contribution is -2.26. The first-order valence-corrected chi connectivity index (χ1v) is 3.03. The van der Waals surface area contributed by atoms with Crippen LogP contribution in [0.5, 0.6) is 0 Å². The lowest BCUT2D eigenvalue weighted by atomic mass is 10.6. The molecule has 1 aliphatic rings. The van der Waals surface area contributed by atoms with Crippen LogP contribution < -0.4 is 0 Å². The molecule has 8 heteroatoms. The first-order chi connectivity index (χ1) is 5.61. The van der Waals surface area contributed by atoms with Crippen molar-refractivity contribution >= 4 is 0 Å². The Kier molecular flexibility index (Phi) is 2.02. The van der Waals surface area contributed by atoms with Gasteiger partial charge in [-0.1, -0.05) is 0 Å². The molecule has 1 rings (SSSR count). The van der Waals surface area contributed by atoms with Crippen LogP contribution in [0.4, 0.5) is 30.7 Å². The molecular formula is C5H3F7O. The van der Waals surface area contributed by atoms with Crippen molar-refractivity contribution in [2.24, 2.45) is 0 Å². The number of ether oxygens (including phenoxy) is 1. The van der Waals surface area contributed by atoms with Gasteiger partial charge in [0.15, 0.2) is 0 Å². The predicted molar refractivity (Wildman–Crippen MR) is 25.7 cm³/mol. The summed E-state index contributed by atoms with van der Waals surface area (Å²) in [5.41, 5.74) is 0. The molecule has 0 amide bonds. The first-order valence-electron chi connectivity index (χ1n) is 3.03. The zero-order chi connectivity index (χ0) is 10.5. The maximum absolute atomic E-state index is 12.4. The Bertz CT molecular complexity index is 211. The monoisotopic (exact) mass is 212 g/mol. The largest absolute Gasteiger partial charge is 0.411 e. The lowest BCUT2D eigenvalue weighted by Gasteiger charge is -2.09. The maximum Gasteiger partial charge on any atom is 0.411 e. The van der Waals surface area contributed by atoms with Crippen molar-refractivity contribution in [3.05, 3.63) is 0 Å². The first kappa shape index (κ1) is 10.6. The summed E-state index contributed by atoms with van der Waals surface area (Å²) in [5, 5.41) is 0. The highest BCUT2D eigenvalue weighted by atomic mass is 19.4. The van der Waals surface area contributed by atoms with Crippen LogP contribution in [0.3, 0.4) is 0 Å². The summed E-state index contributed by atoms with van der Waals surface area (Å²) in [6.07, 6.45) is -8.28. The molecule has 1 saturated carbocycles. The molecule has 0 bridgehead atoms. The third-order valence-electron chi connectivity index (χ3n) is 1.46. The minimum absolute atomic E-state index is 2.24. The van der Waals surface area contributed by atoms with Gasteiger partial charge in [0.1, 0.15) is 6.61 Å². The zero-order valence-corrected chi connectivity index (χ0v) is 5.84. The average molecular weight is 212 g/mol. The maximum atomic E-state index is 12.4. The number of rotatable bonds is 2. The Morgan fingerprint density at radius 2 is 1.54 bits per heavy atom. The molecule has 78 valence electrons. The van der Waals surface area contributed by atoms with E-state index < -0.39 is 30.7 Å².